The molecule has 114 valence electrons. The lowest BCUT2D eigenvalue weighted by Gasteiger charge is -2.33. The zero-order valence-electron chi connectivity index (χ0n) is 12.9. The number of rotatable bonds is 5. The molecule has 21 heavy (non-hydrogen) atoms. The van der Waals surface area contributed by atoms with Crippen molar-refractivity contribution in [3.63, 3.8) is 0 Å². The molecule has 4 nitrogen and oxygen atoms in total. The number of benzene rings is 1. The number of carbonyl (C=O) groups is 2. The van der Waals surface area contributed by atoms with E-state index in [1.54, 1.807) is 0 Å². The lowest BCUT2D eigenvalue weighted by Crippen LogP contribution is -2.46. The summed E-state index contributed by atoms with van der Waals surface area (Å²) in [6.07, 6.45) is 1.33. The second kappa shape index (κ2) is 6.74. The molecule has 0 aliphatic carbocycles. The lowest BCUT2D eigenvalue weighted by molar-refractivity contribution is -0.138. The van der Waals surface area contributed by atoms with Crippen molar-refractivity contribution in [3.8, 4) is 5.75 Å². The van der Waals surface area contributed by atoms with Gasteiger partial charge in [0.15, 0.2) is 0 Å². The fourth-order valence-electron chi connectivity index (χ4n) is 2.90. The van der Waals surface area contributed by atoms with Crippen molar-refractivity contribution in [2.24, 2.45) is 11.8 Å². The zero-order valence-corrected chi connectivity index (χ0v) is 12.9. The Morgan fingerprint density at radius 2 is 1.90 bits per heavy atom. The molecule has 1 aromatic rings. The number of nitrogens with one attached hydrogen (secondary N) is 1. The van der Waals surface area contributed by atoms with E-state index in [4.69, 9.17) is 4.74 Å². The molecule has 1 aliphatic heterocycles. The second-order valence-corrected chi connectivity index (χ2v) is 5.91. The van der Waals surface area contributed by atoms with Crippen molar-refractivity contribution in [3.05, 3.63) is 29.8 Å². The molecule has 2 rings (SSSR count). The van der Waals surface area contributed by atoms with Gasteiger partial charge in [0.1, 0.15) is 5.75 Å². The van der Waals surface area contributed by atoms with Crippen molar-refractivity contribution in [2.75, 3.05) is 6.61 Å². The van der Waals surface area contributed by atoms with Crippen LogP contribution in [-0.2, 0) is 9.59 Å². The molecule has 1 fully saturated rings. The van der Waals surface area contributed by atoms with Gasteiger partial charge in [-0.3, -0.25) is 14.9 Å². The Balaban J connectivity index is 2.20. The first-order chi connectivity index (χ1) is 10.0. The molecule has 1 aliphatic rings. The van der Waals surface area contributed by atoms with Gasteiger partial charge >= 0.3 is 0 Å². The molecule has 0 spiro atoms. The van der Waals surface area contributed by atoms with E-state index in [9.17, 15) is 9.59 Å². The monoisotopic (exact) mass is 289 g/mol. The first kappa shape index (κ1) is 15.5. The topological polar surface area (TPSA) is 55.4 Å². The number of piperidine rings is 1. The van der Waals surface area contributed by atoms with Crippen LogP contribution in [-0.4, -0.2) is 18.4 Å². The van der Waals surface area contributed by atoms with Gasteiger partial charge in [0.25, 0.3) is 0 Å². The first-order valence-electron chi connectivity index (χ1n) is 7.59. The highest BCUT2D eigenvalue weighted by atomic mass is 16.5. The summed E-state index contributed by atoms with van der Waals surface area (Å²) in [7, 11) is 0. The van der Waals surface area contributed by atoms with E-state index in [2.05, 4.69) is 12.2 Å². The number of carbonyl (C=O) groups excluding carboxylic acids is 2. The van der Waals surface area contributed by atoms with Crippen molar-refractivity contribution in [1.29, 1.82) is 0 Å². The lowest BCUT2D eigenvalue weighted by atomic mass is 9.75. The molecule has 0 saturated carbocycles. The molecule has 0 bridgehead atoms. The molecule has 0 radical (unpaired) electrons. The van der Waals surface area contributed by atoms with Crippen LogP contribution in [0, 0.1) is 11.8 Å². The minimum atomic E-state index is -0.187. The van der Waals surface area contributed by atoms with Crippen LogP contribution < -0.4 is 10.1 Å². The molecular formula is C17H23NO3. The maximum absolute atomic E-state index is 12.1. The van der Waals surface area contributed by atoms with E-state index in [1.807, 2.05) is 38.1 Å². The molecule has 2 unspecified atom stereocenters. The van der Waals surface area contributed by atoms with Crippen LogP contribution in [0.15, 0.2) is 24.3 Å². The predicted molar refractivity (Wildman–Crippen MR) is 81.1 cm³/mol. The van der Waals surface area contributed by atoms with E-state index in [0.29, 0.717) is 13.0 Å². The third-order valence-corrected chi connectivity index (χ3v) is 3.90. The summed E-state index contributed by atoms with van der Waals surface area (Å²) in [6.45, 7) is 6.80. The van der Waals surface area contributed by atoms with Crippen molar-refractivity contribution in [2.45, 2.75) is 39.5 Å². The highest BCUT2D eigenvalue weighted by molar-refractivity contribution is 6.00. The Morgan fingerprint density at radius 3 is 2.48 bits per heavy atom. The summed E-state index contributed by atoms with van der Waals surface area (Å²) >= 11 is 0. The third-order valence-electron chi connectivity index (χ3n) is 3.90. The number of amides is 2. The molecule has 2 atom stereocenters. The zero-order chi connectivity index (χ0) is 15.4. The Bertz CT molecular complexity index is 507. The van der Waals surface area contributed by atoms with Gasteiger partial charge in [-0.05, 0) is 30.0 Å². The highest BCUT2D eigenvalue weighted by Gasteiger charge is 2.38. The molecule has 0 aromatic heterocycles. The second-order valence-electron chi connectivity index (χ2n) is 5.91. The highest BCUT2D eigenvalue weighted by Crippen LogP contribution is 2.36. The van der Waals surface area contributed by atoms with Crippen molar-refractivity contribution < 1.29 is 14.3 Å². The molecule has 4 heteroatoms. The van der Waals surface area contributed by atoms with Gasteiger partial charge in [-0.15, -0.1) is 0 Å². The minimum Gasteiger partial charge on any atom is -0.494 e. The van der Waals surface area contributed by atoms with E-state index in [-0.39, 0.29) is 29.6 Å². The van der Waals surface area contributed by atoms with Gasteiger partial charge in [-0.25, -0.2) is 0 Å². The van der Waals surface area contributed by atoms with Gasteiger partial charge in [0, 0.05) is 18.3 Å². The maximum Gasteiger partial charge on any atom is 0.230 e. The average molecular weight is 289 g/mol. The summed E-state index contributed by atoms with van der Waals surface area (Å²) in [5.41, 5.74) is 1.03. The Labute approximate surface area is 125 Å². The summed E-state index contributed by atoms with van der Waals surface area (Å²) in [6, 6.07) is 7.77. The number of hydrogen-bond donors (Lipinski definition) is 1. The van der Waals surface area contributed by atoms with Crippen LogP contribution in [0.4, 0.5) is 0 Å². The van der Waals surface area contributed by atoms with Crippen molar-refractivity contribution in [1.82, 2.24) is 5.32 Å². The quantitative estimate of drug-likeness (QED) is 0.848. The van der Waals surface area contributed by atoms with E-state index in [1.165, 1.54) is 0 Å². The standard InChI is InChI=1S/C17H23NO3/c1-4-9-21-13-7-5-12(6-8-13)14-10-15(19)18-17(20)16(14)11(2)3/h5-8,11,14,16H,4,9-10H2,1-3H3,(H,18,19,20). The Kier molecular flexibility index (Phi) is 4.99. The minimum absolute atomic E-state index is 0.0496. The summed E-state index contributed by atoms with van der Waals surface area (Å²) in [5.74, 6) is 0.467. The third kappa shape index (κ3) is 3.63. The number of imide groups is 1. The van der Waals surface area contributed by atoms with Gasteiger partial charge in [-0.1, -0.05) is 32.9 Å². The van der Waals surface area contributed by atoms with Crippen LogP contribution >= 0.6 is 0 Å². The van der Waals surface area contributed by atoms with Crippen molar-refractivity contribution >= 4 is 11.8 Å². The largest absolute Gasteiger partial charge is 0.494 e. The van der Waals surface area contributed by atoms with Crippen LogP contribution in [0.5, 0.6) is 5.75 Å². The van der Waals surface area contributed by atoms with E-state index >= 15 is 0 Å². The Hall–Kier alpha value is -1.84. The molecule has 1 heterocycles. The fraction of sp³-hybridized carbons (Fsp3) is 0.529. The smallest absolute Gasteiger partial charge is 0.230 e. The first-order valence-corrected chi connectivity index (χ1v) is 7.59. The van der Waals surface area contributed by atoms with Crippen LogP contribution in [0.1, 0.15) is 45.1 Å². The van der Waals surface area contributed by atoms with Crippen LogP contribution in [0.25, 0.3) is 0 Å². The number of ether oxygens (including phenoxy) is 1. The molecular weight excluding hydrogens is 266 g/mol. The van der Waals surface area contributed by atoms with Gasteiger partial charge in [0.2, 0.25) is 11.8 Å². The van der Waals surface area contributed by atoms with Crippen LogP contribution in [0.3, 0.4) is 0 Å². The van der Waals surface area contributed by atoms with Gasteiger partial charge < -0.3 is 4.74 Å². The number of hydrogen-bond acceptors (Lipinski definition) is 3. The molecule has 1 N–H and O–H groups in total. The van der Waals surface area contributed by atoms with Gasteiger partial charge in [0.05, 0.1) is 6.61 Å². The van der Waals surface area contributed by atoms with Gasteiger partial charge in [-0.2, -0.15) is 0 Å². The summed E-state index contributed by atoms with van der Waals surface area (Å²) in [4.78, 5) is 23.8. The fourth-order valence-corrected chi connectivity index (χ4v) is 2.90. The normalized spacial score (nSPS) is 22.3. The van der Waals surface area contributed by atoms with E-state index < -0.39 is 0 Å². The molecule has 1 aromatic carbocycles. The molecule has 1 saturated heterocycles. The Morgan fingerprint density at radius 1 is 1.24 bits per heavy atom. The molecule has 2 amide bonds. The average Bonchev–Trinajstić information content (AvgIpc) is 2.44. The maximum atomic E-state index is 12.1. The SMILES string of the molecule is CCCOc1ccc(C2CC(=O)NC(=O)C2C(C)C)cc1. The predicted octanol–water partition coefficient (Wildman–Crippen LogP) is 2.88. The van der Waals surface area contributed by atoms with E-state index in [0.717, 1.165) is 17.7 Å². The van der Waals surface area contributed by atoms with Crippen LogP contribution in [0.2, 0.25) is 0 Å². The summed E-state index contributed by atoms with van der Waals surface area (Å²) < 4.78 is 5.57. The summed E-state index contributed by atoms with van der Waals surface area (Å²) in [5, 5.41) is 2.45.